The number of anilines is 1. The van der Waals surface area contributed by atoms with Crippen molar-refractivity contribution in [1.82, 2.24) is 5.32 Å². The number of amides is 1. The molecule has 0 saturated heterocycles. The molecule has 0 bridgehead atoms. The van der Waals surface area contributed by atoms with Crippen LogP contribution < -0.4 is 10.2 Å². The van der Waals surface area contributed by atoms with E-state index in [0.717, 1.165) is 37.2 Å². The number of hydrogen-bond acceptors (Lipinski definition) is 6. The van der Waals surface area contributed by atoms with Crippen LogP contribution in [0.2, 0.25) is 0 Å². The minimum atomic E-state index is -4.26. The van der Waals surface area contributed by atoms with Gasteiger partial charge in [-0.15, -0.1) is 0 Å². The van der Waals surface area contributed by atoms with E-state index >= 15 is 0 Å². The lowest BCUT2D eigenvalue weighted by Crippen LogP contribution is -2.28. The molecule has 2 heterocycles. The van der Waals surface area contributed by atoms with E-state index < -0.39 is 10.1 Å². The van der Waals surface area contributed by atoms with E-state index in [0.29, 0.717) is 32.4 Å². The third kappa shape index (κ3) is 9.45. The highest BCUT2D eigenvalue weighted by Gasteiger charge is 2.45. The summed E-state index contributed by atoms with van der Waals surface area (Å²) in [6.45, 7) is 11.1. The van der Waals surface area contributed by atoms with Crippen molar-refractivity contribution in [1.29, 1.82) is 0 Å². The van der Waals surface area contributed by atoms with Crippen LogP contribution in [0.3, 0.4) is 0 Å². The summed E-state index contributed by atoms with van der Waals surface area (Å²) in [5.41, 5.74) is 15.2. The molecule has 0 atom stereocenters. The first kappa shape index (κ1) is 42.1. The predicted molar refractivity (Wildman–Crippen MR) is 236 cm³/mol. The van der Waals surface area contributed by atoms with Gasteiger partial charge in [-0.1, -0.05) is 110 Å². The molecule has 0 saturated carbocycles. The molecular weight excluding hydrogens is 745 g/mol. The molecule has 0 aromatic heterocycles. The highest BCUT2D eigenvalue weighted by atomic mass is 32.2. The number of unbranched alkanes of at least 4 members (excludes halogenated alkanes) is 3. The standard InChI is InChI=1S/C47H54N6O4S/c1-46(2)41(52(32-16-8-11-25-43(54)49-30-31-50-51-48)39-28-26-35-19-12-14-21-37(35)44(39)46)23-9-6-5-7-10-24-42-47(3,4)45-38-22-15-13-20-36(38)27-29-40(45)53(42)33-17-18-34-58(55,56)57/h5-7,9-10,12-15,19-24,26-29H,8,11,16-18,25,30-34H2,1-4H3,(H-,49,54,55,56,57). The molecule has 11 heteroatoms. The Morgan fingerprint density at radius 1 is 0.828 bits per heavy atom. The number of azide groups is 1. The molecule has 1 amide bonds. The Kier molecular flexibility index (Phi) is 13.4. The summed E-state index contributed by atoms with van der Waals surface area (Å²) in [5.74, 6) is -0.374. The Morgan fingerprint density at radius 2 is 1.50 bits per heavy atom. The summed E-state index contributed by atoms with van der Waals surface area (Å²) >= 11 is 0. The summed E-state index contributed by atoms with van der Waals surface area (Å²) in [4.78, 5) is 17.4. The zero-order valence-corrected chi connectivity index (χ0v) is 34.8. The SMILES string of the molecule is CC1(C)C(/C=C/C=C/C=C/C=C2/N(CCCCCC(=O)NCCN=[N+]=[N-])c3ccc4ccccc4c3C2(C)C)=[N+](CCCCS(=O)(=O)[O-])c2ccc3ccccc3c21. The van der Waals surface area contributed by atoms with Crippen molar-refractivity contribution in [2.45, 2.75) is 77.0 Å². The van der Waals surface area contributed by atoms with Gasteiger partial charge in [-0.3, -0.25) is 4.79 Å². The Hall–Kier alpha value is -5.48. The average Bonchev–Trinajstić information content (AvgIpc) is 3.55. The third-order valence-electron chi connectivity index (χ3n) is 11.4. The number of benzene rings is 4. The number of carbonyl (C=O) groups is 1. The normalized spacial score (nSPS) is 16.6. The van der Waals surface area contributed by atoms with Crippen LogP contribution in [0.1, 0.15) is 77.3 Å². The maximum atomic E-state index is 12.2. The van der Waals surface area contributed by atoms with Crippen LogP contribution in [0, 0.1) is 0 Å². The highest BCUT2D eigenvalue weighted by Crippen LogP contribution is 2.51. The van der Waals surface area contributed by atoms with Crippen molar-refractivity contribution >= 4 is 54.7 Å². The second-order valence-electron chi connectivity index (χ2n) is 16.1. The van der Waals surface area contributed by atoms with E-state index in [9.17, 15) is 17.8 Å². The molecule has 0 fully saturated rings. The smallest absolute Gasteiger partial charge is 0.219 e. The monoisotopic (exact) mass is 798 g/mol. The highest BCUT2D eigenvalue weighted by molar-refractivity contribution is 7.85. The Balaban J connectivity index is 1.19. The third-order valence-corrected chi connectivity index (χ3v) is 12.2. The van der Waals surface area contributed by atoms with Gasteiger partial charge in [0.05, 0.1) is 15.5 Å². The van der Waals surface area contributed by atoms with Crippen LogP contribution in [0.15, 0.2) is 126 Å². The average molecular weight is 799 g/mol. The summed E-state index contributed by atoms with van der Waals surface area (Å²) < 4.78 is 36.2. The fourth-order valence-electron chi connectivity index (χ4n) is 8.70. The molecule has 0 unspecified atom stereocenters. The zero-order valence-electron chi connectivity index (χ0n) is 34.0. The van der Waals surface area contributed by atoms with Gasteiger partial charge in [0.1, 0.15) is 6.54 Å². The molecule has 6 rings (SSSR count). The quantitative estimate of drug-likeness (QED) is 0.0203. The van der Waals surface area contributed by atoms with Crippen LogP contribution in [-0.2, 0) is 25.7 Å². The molecule has 4 aromatic rings. The number of nitrogens with zero attached hydrogens (tertiary/aromatic N) is 5. The van der Waals surface area contributed by atoms with E-state index in [-0.39, 0.29) is 29.0 Å². The first-order chi connectivity index (χ1) is 27.8. The van der Waals surface area contributed by atoms with Gasteiger partial charge in [-0.2, -0.15) is 4.58 Å². The second-order valence-corrected chi connectivity index (χ2v) is 17.6. The molecule has 10 nitrogen and oxygen atoms in total. The molecule has 58 heavy (non-hydrogen) atoms. The second kappa shape index (κ2) is 18.4. The van der Waals surface area contributed by atoms with Gasteiger partial charge in [0.2, 0.25) is 11.6 Å². The first-order valence-electron chi connectivity index (χ1n) is 20.2. The zero-order chi connectivity index (χ0) is 41.3. The maximum Gasteiger partial charge on any atom is 0.219 e. The van der Waals surface area contributed by atoms with Gasteiger partial charge < -0.3 is 14.8 Å². The van der Waals surface area contributed by atoms with E-state index in [1.165, 1.54) is 44.1 Å². The first-order valence-corrected chi connectivity index (χ1v) is 21.8. The van der Waals surface area contributed by atoms with Crippen LogP contribution in [0.25, 0.3) is 32.0 Å². The lowest BCUT2D eigenvalue weighted by Gasteiger charge is -2.27. The molecule has 2 aliphatic heterocycles. The minimum Gasteiger partial charge on any atom is -0.748 e. The summed E-state index contributed by atoms with van der Waals surface area (Å²) in [6, 6.07) is 25.7. The van der Waals surface area contributed by atoms with Crippen molar-refractivity contribution in [3.05, 3.63) is 143 Å². The lowest BCUT2D eigenvalue weighted by atomic mass is 9.79. The topological polar surface area (TPSA) is 141 Å². The van der Waals surface area contributed by atoms with Gasteiger partial charge in [0, 0.05) is 77.6 Å². The Morgan fingerprint density at radius 3 is 2.22 bits per heavy atom. The Bertz CT molecular complexity index is 2490. The number of rotatable bonds is 18. The van der Waals surface area contributed by atoms with Gasteiger partial charge in [0.15, 0.2) is 5.71 Å². The molecule has 2 aliphatic rings. The van der Waals surface area contributed by atoms with Crippen molar-refractivity contribution < 1.29 is 22.3 Å². The Labute approximate surface area is 342 Å². The van der Waals surface area contributed by atoms with E-state index in [1.54, 1.807) is 0 Å². The van der Waals surface area contributed by atoms with Crippen LogP contribution in [-0.4, -0.2) is 61.1 Å². The predicted octanol–water partition coefficient (Wildman–Crippen LogP) is 10.0. The molecule has 0 spiro atoms. The lowest BCUT2D eigenvalue weighted by molar-refractivity contribution is -0.438. The van der Waals surface area contributed by atoms with Crippen LogP contribution in [0.5, 0.6) is 0 Å². The summed E-state index contributed by atoms with van der Waals surface area (Å²) in [6.07, 6.45) is 18.7. The summed E-state index contributed by atoms with van der Waals surface area (Å²) in [7, 11) is -4.26. The molecule has 4 aromatic carbocycles. The molecule has 1 N–H and O–H groups in total. The van der Waals surface area contributed by atoms with Gasteiger partial charge >= 0.3 is 0 Å². The number of fused-ring (bicyclic) bond motifs is 6. The van der Waals surface area contributed by atoms with Crippen molar-refractivity contribution in [3.63, 3.8) is 0 Å². The van der Waals surface area contributed by atoms with Crippen LogP contribution in [0.4, 0.5) is 11.4 Å². The molecule has 302 valence electrons. The van der Waals surface area contributed by atoms with E-state index in [2.05, 4.69) is 150 Å². The molecular formula is C47H54N6O4S. The van der Waals surface area contributed by atoms with Crippen molar-refractivity contribution in [2.24, 2.45) is 5.11 Å². The number of allylic oxidation sites excluding steroid dienone is 8. The minimum absolute atomic E-state index is 0.0193. The van der Waals surface area contributed by atoms with Crippen LogP contribution >= 0.6 is 0 Å². The number of hydrogen-bond donors (Lipinski definition) is 1. The van der Waals surface area contributed by atoms with Gasteiger partial charge in [-0.05, 0) is 84.0 Å². The fourth-order valence-corrected chi connectivity index (χ4v) is 9.26. The van der Waals surface area contributed by atoms with Gasteiger partial charge in [0.25, 0.3) is 0 Å². The van der Waals surface area contributed by atoms with Gasteiger partial charge in [-0.25, -0.2) is 8.42 Å². The van der Waals surface area contributed by atoms with E-state index in [4.69, 9.17) is 5.53 Å². The maximum absolute atomic E-state index is 12.2. The largest absolute Gasteiger partial charge is 0.748 e. The van der Waals surface area contributed by atoms with Crippen molar-refractivity contribution in [3.8, 4) is 0 Å². The number of carbonyl (C=O) groups excluding carboxylic acids is 1. The van der Waals surface area contributed by atoms with Crippen molar-refractivity contribution in [2.75, 3.05) is 36.8 Å². The molecule has 0 aliphatic carbocycles. The molecule has 0 radical (unpaired) electrons. The van der Waals surface area contributed by atoms with E-state index in [1.807, 2.05) is 18.2 Å². The summed E-state index contributed by atoms with van der Waals surface area (Å²) in [5, 5.41) is 11.1. The fraction of sp³-hybridized carbons (Fsp3) is 0.362. The number of nitrogens with one attached hydrogen (secondary N) is 1.